The summed E-state index contributed by atoms with van der Waals surface area (Å²) < 4.78 is 27.1. The van der Waals surface area contributed by atoms with E-state index in [1.807, 2.05) is 19.1 Å². The largest absolute Gasteiger partial charge is 0.353 e. The Morgan fingerprint density at radius 3 is 2.11 bits per heavy atom. The van der Waals surface area contributed by atoms with E-state index in [0.717, 1.165) is 62.9 Å². The smallest absolute Gasteiger partial charge is 0.244 e. The molecule has 9 heteroatoms. The highest BCUT2D eigenvalue weighted by Gasteiger charge is 2.26. The van der Waals surface area contributed by atoms with Crippen molar-refractivity contribution in [3.8, 4) is 0 Å². The molecule has 2 aliphatic rings. The molecule has 8 nitrogen and oxygen atoms in total. The summed E-state index contributed by atoms with van der Waals surface area (Å²) >= 11 is 0. The molecule has 0 atom stereocenters. The average molecular weight is 403 g/mol. The van der Waals surface area contributed by atoms with Crippen LogP contribution >= 0.6 is 0 Å². The van der Waals surface area contributed by atoms with Crippen LogP contribution in [0.4, 0.5) is 11.6 Å². The molecule has 150 valence electrons. The molecule has 0 spiro atoms. The monoisotopic (exact) mass is 402 g/mol. The lowest BCUT2D eigenvalue weighted by atomic mass is 10.2. The Hall–Kier alpha value is -2.26. The van der Waals surface area contributed by atoms with E-state index in [1.54, 1.807) is 16.6 Å². The Labute approximate surface area is 166 Å². The standard InChI is InChI=1S/C19H26N6O2S/c1-16-20-8-7-19(22-16)24-13-11-23(12-14-24)18-6-5-17(15-21-18)28(26,27)25-9-3-2-4-10-25/h5-8,15H,2-4,9-14H2,1H3. The first-order valence-corrected chi connectivity index (χ1v) is 11.2. The first-order valence-electron chi connectivity index (χ1n) is 9.80. The summed E-state index contributed by atoms with van der Waals surface area (Å²) in [4.78, 5) is 17.8. The molecular formula is C19H26N6O2S. The fraction of sp³-hybridized carbons (Fsp3) is 0.526. The summed E-state index contributed by atoms with van der Waals surface area (Å²) in [6, 6.07) is 5.44. The zero-order valence-electron chi connectivity index (χ0n) is 16.2. The summed E-state index contributed by atoms with van der Waals surface area (Å²) in [5, 5.41) is 0. The minimum atomic E-state index is -3.43. The van der Waals surface area contributed by atoms with Gasteiger partial charge in [-0.1, -0.05) is 6.42 Å². The Balaban J connectivity index is 1.41. The lowest BCUT2D eigenvalue weighted by Gasteiger charge is -2.36. The van der Waals surface area contributed by atoms with Gasteiger partial charge in [-0.3, -0.25) is 0 Å². The van der Waals surface area contributed by atoms with E-state index in [0.29, 0.717) is 13.1 Å². The molecule has 2 fully saturated rings. The van der Waals surface area contributed by atoms with Crippen LogP contribution in [0.1, 0.15) is 25.1 Å². The van der Waals surface area contributed by atoms with Crippen molar-refractivity contribution in [2.45, 2.75) is 31.1 Å². The van der Waals surface area contributed by atoms with Crippen LogP contribution in [0.3, 0.4) is 0 Å². The van der Waals surface area contributed by atoms with Gasteiger partial charge in [0.05, 0.1) is 0 Å². The van der Waals surface area contributed by atoms with Crippen molar-refractivity contribution in [1.82, 2.24) is 19.3 Å². The third kappa shape index (κ3) is 3.95. The Bertz CT molecular complexity index is 904. The number of anilines is 2. The maximum Gasteiger partial charge on any atom is 0.244 e. The Morgan fingerprint density at radius 1 is 0.821 bits per heavy atom. The number of pyridine rings is 1. The molecule has 4 rings (SSSR count). The normalized spacial score (nSPS) is 19.0. The highest BCUT2D eigenvalue weighted by atomic mass is 32.2. The molecular weight excluding hydrogens is 376 g/mol. The van der Waals surface area contributed by atoms with Crippen LogP contribution < -0.4 is 9.80 Å². The van der Waals surface area contributed by atoms with Gasteiger partial charge in [-0.05, 0) is 38.0 Å². The number of piperazine rings is 1. The van der Waals surface area contributed by atoms with E-state index < -0.39 is 10.0 Å². The lowest BCUT2D eigenvalue weighted by Crippen LogP contribution is -2.47. The third-order valence-electron chi connectivity index (χ3n) is 5.36. The number of rotatable bonds is 4. The number of hydrogen-bond acceptors (Lipinski definition) is 7. The van der Waals surface area contributed by atoms with Crippen LogP contribution in [0.2, 0.25) is 0 Å². The summed E-state index contributed by atoms with van der Waals surface area (Å²) in [5.41, 5.74) is 0. The molecule has 0 radical (unpaired) electrons. The minimum absolute atomic E-state index is 0.285. The number of aromatic nitrogens is 3. The number of hydrogen-bond donors (Lipinski definition) is 0. The number of nitrogens with zero attached hydrogens (tertiary/aromatic N) is 6. The Morgan fingerprint density at radius 2 is 1.50 bits per heavy atom. The first-order chi connectivity index (χ1) is 13.5. The van der Waals surface area contributed by atoms with E-state index in [9.17, 15) is 8.42 Å². The van der Waals surface area contributed by atoms with Crippen LogP contribution in [0, 0.1) is 6.92 Å². The van der Waals surface area contributed by atoms with Gasteiger partial charge in [0.25, 0.3) is 0 Å². The first kappa shape index (κ1) is 19.1. The predicted molar refractivity (Wildman–Crippen MR) is 108 cm³/mol. The average Bonchev–Trinajstić information content (AvgIpc) is 2.75. The third-order valence-corrected chi connectivity index (χ3v) is 7.24. The molecule has 0 aliphatic carbocycles. The molecule has 0 N–H and O–H groups in total. The van der Waals surface area contributed by atoms with Gasteiger partial charge >= 0.3 is 0 Å². The van der Waals surface area contributed by atoms with Gasteiger partial charge in [-0.2, -0.15) is 4.31 Å². The lowest BCUT2D eigenvalue weighted by molar-refractivity contribution is 0.346. The molecule has 28 heavy (non-hydrogen) atoms. The van der Waals surface area contributed by atoms with Gasteiger partial charge in [0, 0.05) is 51.7 Å². The number of aryl methyl sites for hydroxylation is 1. The second kappa shape index (κ2) is 8.00. The van der Waals surface area contributed by atoms with Crippen LogP contribution in [0.25, 0.3) is 0 Å². The minimum Gasteiger partial charge on any atom is -0.353 e. The highest BCUT2D eigenvalue weighted by molar-refractivity contribution is 7.89. The van der Waals surface area contributed by atoms with Gasteiger partial charge in [0.1, 0.15) is 22.4 Å². The zero-order valence-corrected chi connectivity index (χ0v) is 17.0. The van der Waals surface area contributed by atoms with Gasteiger partial charge in [0.2, 0.25) is 10.0 Å². The quantitative estimate of drug-likeness (QED) is 0.769. The maximum atomic E-state index is 12.8. The van der Waals surface area contributed by atoms with Gasteiger partial charge in [-0.25, -0.2) is 23.4 Å². The van der Waals surface area contributed by atoms with E-state index in [4.69, 9.17) is 0 Å². The van der Waals surface area contributed by atoms with Crippen molar-refractivity contribution in [1.29, 1.82) is 0 Å². The SMILES string of the molecule is Cc1nccc(N2CCN(c3ccc(S(=O)(=O)N4CCCCC4)cn3)CC2)n1. The van der Waals surface area contributed by atoms with Crippen molar-refractivity contribution >= 4 is 21.7 Å². The highest BCUT2D eigenvalue weighted by Crippen LogP contribution is 2.23. The van der Waals surface area contributed by atoms with Gasteiger partial charge < -0.3 is 9.80 Å². The van der Waals surface area contributed by atoms with Crippen LogP contribution in [0.15, 0.2) is 35.5 Å². The number of sulfonamides is 1. The van der Waals surface area contributed by atoms with Gasteiger partial charge in [-0.15, -0.1) is 0 Å². The van der Waals surface area contributed by atoms with Crippen molar-refractivity contribution in [3.63, 3.8) is 0 Å². The molecule has 0 unspecified atom stereocenters. The predicted octanol–water partition coefficient (Wildman–Crippen LogP) is 1.68. The molecule has 2 aromatic heterocycles. The summed E-state index contributed by atoms with van der Waals surface area (Å²) in [6.07, 6.45) is 6.25. The molecule has 0 amide bonds. The van der Waals surface area contributed by atoms with E-state index in [1.165, 1.54) is 6.20 Å². The molecule has 0 saturated carbocycles. The van der Waals surface area contributed by atoms with Crippen LogP contribution in [-0.4, -0.2) is 66.9 Å². The molecule has 2 aromatic rings. The maximum absolute atomic E-state index is 12.8. The van der Waals surface area contributed by atoms with Crippen LogP contribution in [-0.2, 0) is 10.0 Å². The second-order valence-corrected chi connectivity index (χ2v) is 9.19. The molecule has 2 aliphatic heterocycles. The summed E-state index contributed by atoms with van der Waals surface area (Å²) in [6.45, 7) is 6.41. The summed E-state index contributed by atoms with van der Waals surface area (Å²) in [7, 11) is -3.43. The van der Waals surface area contributed by atoms with Crippen molar-refractivity contribution < 1.29 is 8.42 Å². The molecule has 4 heterocycles. The topological polar surface area (TPSA) is 82.5 Å². The summed E-state index contributed by atoms with van der Waals surface area (Å²) in [5.74, 6) is 2.53. The number of piperidine rings is 1. The van der Waals surface area contributed by atoms with Crippen molar-refractivity contribution in [2.75, 3.05) is 49.1 Å². The second-order valence-electron chi connectivity index (χ2n) is 7.25. The molecule has 2 saturated heterocycles. The molecule has 0 aromatic carbocycles. The van der Waals surface area contributed by atoms with E-state index in [2.05, 4.69) is 24.8 Å². The fourth-order valence-electron chi connectivity index (χ4n) is 3.75. The van der Waals surface area contributed by atoms with Crippen molar-refractivity contribution in [3.05, 3.63) is 36.4 Å². The fourth-order valence-corrected chi connectivity index (χ4v) is 5.21. The molecule has 0 bridgehead atoms. The van der Waals surface area contributed by atoms with E-state index in [-0.39, 0.29) is 4.90 Å². The Kier molecular flexibility index (Phi) is 5.45. The van der Waals surface area contributed by atoms with Gasteiger partial charge in [0.15, 0.2) is 0 Å². The zero-order chi connectivity index (χ0) is 19.6. The van der Waals surface area contributed by atoms with E-state index >= 15 is 0 Å². The van der Waals surface area contributed by atoms with Crippen molar-refractivity contribution in [2.24, 2.45) is 0 Å². The van der Waals surface area contributed by atoms with Crippen LogP contribution in [0.5, 0.6) is 0 Å².